The molecule has 74 valence electrons. The fourth-order valence-corrected chi connectivity index (χ4v) is 2.50. The van der Waals surface area contributed by atoms with E-state index in [0.29, 0.717) is 0 Å². The van der Waals surface area contributed by atoms with Crippen LogP contribution >= 0.6 is 0 Å². The van der Waals surface area contributed by atoms with Crippen LogP contribution in [-0.4, -0.2) is 12.6 Å². The monoisotopic (exact) mass is 179 g/mol. The SMILES string of the molecule is C1=C(CC2CCCCN2)CCCC1. The molecule has 1 saturated heterocycles. The van der Waals surface area contributed by atoms with Crippen molar-refractivity contribution in [2.75, 3.05) is 6.54 Å². The second kappa shape index (κ2) is 4.80. The molecule has 1 N–H and O–H groups in total. The van der Waals surface area contributed by atoms with E-state index in [1.54, 1.807) is 5.57 Å². The smallest absolute Gasteiger partial charge is 0.0104 e. The van der Waals surface area contributed by atoms with Crippen molar-refractivity contribution in [1.82, 2.24) is 5.32 Å². The van der Waals surface area contributed by atoms with Crippen LogP contribution in [0.15, 0.2) is 11.6 Å². The molecular formula is C12H21N. The maximum atomic E-state index is 3.63. The van der Waals surface area contributed by atoms with Crippen molar-refractivity contribution in [3.63, 3.8) is 0 Å². The van der Waals surface area contributed by atoms with Gasteiger partial charge in [-0.1, -0.05) is 18.1 Å². The lowest BCUT2D eigenvalue weighted by atomic mass is 9.91. The highest BCUT2D eigenvalue weighted by molar-refractivity contribution is 5.07. The number of hydrogen-bond acceptors (Lipinski definition) is 1. The lowest BCUT2D eigenvalue weighted by molar-refractivity contribution is 0.393. The zero-order valence-electron chi connectivity index (χ0n) is 8.52. The lowest BCUT2D eigenvalue weighted by Gasteiger charge is -2.25. The molecule has 1 heteroatoms. The van der Waals surface area contributed by atoms with E-state index in [9.17, 15) is 0 Å². The Hall–Kier alpha value is -0.300. The predicted molar refractivity (Wildman–Crippen MR) is 56.8 cm³/mol. The maximum Gasteiger partial charge on any atom is 0.0104 e. The minimum Gasteiger partial charge on any atom is -0.314 e. The van der Waals surface area contributed by atoms with E-state index in [1.807, 2.05) is 0 Å². The van der Waals surface area contributed by atoms with Gasteiger partial charge in [0.1, 0.15) is 0 Å². The van der Waals surface area contributed by atoms with E-state index < -0.39 is 0 Å². The van der Waals surface area contributed by atoms with Crippen molar-refractivity contribution in [3.8, 4) is 0 Å². The number of hydrogen-bond donors (Lipinski definition) is 1. The Balaban J connectivity index is 1.78. The molecule has 0 aromatic heterocycles. The van der Waals surface area contributed by atoms with Gasteiger partial charge < -0.3 is 5.32 Å². The Labute approximate surface area is 81.6 Å². The van der Waals surface area contributed by atoms with Crippen LogP contribution in [0, 0.1) is 0 Å². The Morgan fingerprint density at radius 3 is 2.92 bits per heavy atom. The normalized spacial score (nSPS) is 29.8. The Kier molecular flexibility index (Phi) is 3.42. The van der Waals surface area contributed by atoms with E-state index in [-0.39, 0.29) is 0 Å². The van der Waals surface area contributed by atoms with Crippen molar-refractivity contribution < 1.29 is 0 Å². The summed E-state index contributed by atoms with van der Waals surface area (Å²) in [5.74, 6) is 0. The molecule has 2 aliphatic rings. The van der Waals surface area contributed by atoms with Gasteiger partial charge >= 0.3 is 0 Å². The third-order valence-corrected chi connectivity index (χ3v) is 3.31. The summed E-state index contributed by atoms with van der Waals surface area (Å²) in [5.41, 5.74) is 1.73. The number of rotatable bonds is 2. The van der Waals surface area contributed by atoms with Crippen molar-refractivity contribution in [2.45, 2.75) is 57.4 Å². The maximum absolute atomic E-state index is 3.63. The topological polar surface area (TPSA) is 12.0 Å². The molecule has 1 heterocycles. The molecule has 0 aromatic carbocycles. The van der Waals surface area contributed by atoms with Crippen molar-refractivity contribution in [3.05, 3.63) is 11.6 Å². The Morgan fingerprint density at radius 1 is 1.23 bits per heavy atom. The summed E-state index contributed by atoms with van der Waals surface area (Å²) in [6.07, 6.45) is 13.6. The van der Waals surface area contributed by atoms with Gasteiger partial charge in [-0.15, -0.1) is 0 Å². The van der Waals surface area contributed by atoms with Crippen LogP contribution in [0.25, 0.3) is 0 Å². The van der Waals surface area contributed by atoms with Gasteiger partial charge in [0.25, 0.3) is 0 Å². The number of allylic oxidation sites excluding steroid dienone is 1. The molecule has 0 bridgehead atoms. The molecule has 1 aliphatic carbocycles. The molecule has 1 aliphatic heterocycles. The lowest BCUT2D eigenvalue weighted by Crippen LogP contribution is -2.34. The van der Waals surface area contributed by atoms with Crippen molar-refractivity contribution >= 4 is 0 Å². The summed E-state index contributed by atoms with van der Waals surface area (Å²) < 4.78 is 0. The standard InChI is InChI=1S/C12H21N/c1-2-6-11(7-3-1)10-12-8-4-5-9-13-12/h6,12-13H,1-5,7-10H2. The predicted octanol–water partition coefficient (Wildman–Crippen LogP) is 3.02. The Bertz CT molecular complexity index is 178. The van der Waals surface area contributed by atoms with Crippen molar-refractivity contribution in [2.24, 2.45) is 0 Å². The second-order valence-electron chi connectivity index (χ2n) is 4.46. The Morgan fingerprint density at radius 2 is 2.23 bits per heavy atom. The zero-order chi connectivity index (χ0) is 8.93. The van der Waals surface area contributed by atoms with Crippen LogP contribution in [0.1, 0.15) is 51.4 Å². The quantitative estimate of drug-likeness (QED) is 0.642. The molecule has 0 aromatic rings. The summed E-state index contributed by atoms with van der Waals surface area (Å²) in [5, 5.41) is 3.63. The molecular weight excluding hydrogens is 158 g/mol. The molecule has 1 fully saturated rings. The molecule has 1 unspecified atom stereocenters. The first-order valence-corrected chi connectivity index (χ1v) is 5.86. The van der Waals surface area contributed by atoms with E-state index >= 15 is 0 Å². The summed E-state index contributed by atoms with van der Waals surface area (Å²) >= 11 is 0. The van der Waals surface area contributed by atoms with Gasteiger partial charge in [-0.3, -0.25) is 0 Å². The highest BCUT2D eigenvalue weighted by atomic mass is 14.9. The van der Waals surface area contributed by atoms with Crippen LogP contribution in [0.2, 0.25) is 0 Å². The van der Waals surface area contributed by atoms with Gasteiger partial charge in [0.2, 0.25) is 0 Å². The highest BCUT2D eigenvalue weighted by Gasteiger charge is 2.14. The number of nitrogens with one attached hydrogen (secondary N) is 1. The molecule has 0 spiro atoms. The van der Waals surface area contributed by atoms with E-state index in [0.717, 1.165) is 6.04 Å². The second-order valence-corrected chi connectivity index (χ2v) is 4.46. The van der Waals surface area contributed by atoms with E-state index in [1.165, 1.54) is 57.9 Å². The summed E-state index contributed by atoms with van der Waals surface area (Å²) in [7, 11) is 0. The molecule has 2 rings (SSSR count). The fraction of sp³-hybridized carbons (Fsp3) is 0.833. The average molecular weight is 179 g/mol. The average Bonchev–Trinajstić information content (AvgIpc) is 2.21. The summed E-state index contributed by atoms with van der Waals surface area (Å²) in [6, 6.07) is 0.804. The van der Waals surface area contributed by atoms with Crippen LogP contribution in [0.5, 0.6) is 0 Å². The number of piperidine rings is 1. The largest absolute Gasteiger partial charge is 0.314 e. The van der Waals surface area contributed by atoms with Gasteiger partial charge in [-0.05, 0) is 51.5 Å². The fourth-order valence-electron chi connectivity index (χ4n) is 2.50. The highest BCUT2D eigenvalue weighted by Crippen LogP contribution is 2.23. The zero-order valence-corrected chi connectivity index (χ0v) is 8.52. The van der Waals surface area contributed by atoms with E-state index in [4.69, 9.17) is 0 Å². The first-order valence-electron chi connectivity index (χ1n) is 5.86. The third-order valence-electron chi connectivity index (χ3n) is 3.31. The first-order chi connectivity index (χ1) is 6.45. The van der Waals surface area contributed by atoms with Gasteiger partial charge in [0.05, 0.1) is 0 Å². The molecule has 0 amide bonds. The van der Waals surface area contributed by atoms with Gasteiger partial charge in [-0.25, -0.2) is 0 Å². The van der Waals surface area contributed by atoms with Crippen LogP contribution in [-0.2, 0) is 0 Å². The summed E-state index contributed by atoms with van der Waals surface area (Å²) in [4.78, 5) is 0. The first kappa shape index (κ1) is 9.26. The van der Waals surface area contributed by atoms with Crippen LogP contribution in [0.4, 0.5) is 0 Å². The molecule has 13 heavy (non-hydrogen) atoms. The molecule has 0 radical (unpaired) electrons. The molecule has 1 nitrogen and oxygen atoms in total. The van der Waals surface area contributed by atoms with Crippen LogP contribution < -0.4 is 5.32 Å². The minimum atomic E-state index is 0.804. The van der Waals surface area contributed by atoms with Gasteiger partial charge in [0, 0.05) is 6.04 Å². The van der Waals surface area contributed by atoms with Gasteiger partial charge in [-0.2, -0.15) is 0 Å². The van der Waals surface area contributed by atoms with Crippen molar-refractivity contribution in [1.29, 1.82) is 0 Å². The summed E-state index contributed by atoms with van der Waals surface area (Å²) in [6.45, 7) is 1.25. The minimum absolute atomic E-state index is 0.804. The van der Waals surface area contributed by atoms with E-state index in [2.05, 4.69) is 11.4 Å². The van der Waals surface area contributed by atoms with Gasteiger partial charge in [0.15, 0.2) is 0 Å². The third kappa shape index (κ3) is 2.84. The van der Waals surface area contributed by atoms with Crippen LogP contribution in [0.3, 0.4) is 0 Å². The molecule has 0 saturated carbocycles. The molecule has 1 atom stereocenters.